The van der Waals surface area contributed by atoms with Crippen LogP contribution in [0, 0.1) is 5.41 Å². The third kappa shape index (κ3) is 3.76. The van der Waals surface area contributed by atoms with E-state index in [0.717, 1.165) is 6.54 Å². The van der Waals surface area contributed by atoms with Crippen molar-refractivity contribution in [3.63, 3.8) is 0 Å². The summed E-state index contributed by atoms with van der Waals surface area (Å²) in [6.07, 6.45) is 8.24. The van der Waals surface area contributed by atoms with E-state index in [2.05, 4.69) is 25.8 Å². The van der Waals surface area contributed by atoms with Gasteiger partial charge in [-0.3, -0.25) is 0 Å². The minimum Gasteiger partial charge on any atom is -0.330 e. The number of rotatable bonds is 4. The van der Waals surface area contributed by atoms with Crippen LogP contribution >= 0.6 is 0 Å². The highest BCUT2D eigenvalue weighted by Crippen LogP contribution is 2.34. The quantitative estimate of drug-likeness (QED) is 0.726. The van der Waals surface area contributed by atoms with Crippen LogP contribution in [-0.2, 0) is 0 Å². The van der Waals surface area contributed by atoms with Gasteiger partial charge in [0.25, 0.3) is 0 Å². The Hall–Kier alpha value is -0.0800. The molecule has 0 atom stereocenters. The fraction of sp³-hybridized carbons (Fsp3) is 1.00. The predicted octanol–water partition coefficient (Wildman–Crippen LogP) is 2.63. The van der Waals surface area contributed by atoms with Crippen LogP contribution in [0.5, 0.6) is 0 Å². The SMILES string of the molecule is CC(C)N(C)CC1(CN)CCCCCC1. The first-order valence-electron chi connectivity index (χ1n) is 6.50. The van der Waals surface area contributed by atoms with Crippen LogP contribution in [-0.4, -0.2) is 31.1 Å². The zero-order chi connectivity index (χ0) is 11.3. The highest BCUT2D eigenvalue weighted by atomic mass is 15.1. The Bertz CT molecular complexity index is 169. The van der Waals surface area contributed by atoms with Gasteiger partial charge in [0.05, 0.1) is 0 Å². The Balaban J connectivity index is 2.57. The van der Waals surface area contributed by atoms with Crippen molar-refractivity contribution in [3.05, 3.63) is 0 Å². The molecule has 15 heavy (non-hydrogen) atoms. The van der Waals surface area contributed by atoms with E-state index in [0.29, 0.717) is 11.5 Å². The van der Waals surface area contributed by atoms with Crippen molar-refractivity contribution in [1.29, 1.82) is 0 Å². The minimum atomic E-state index is 0.412. The molecule has 0 spiro atoms. The lowest BCUT2D eigenvalue weighted by Gasteiger charge is -2.37. The third-order valence-corrected chi connectivity index (χ3v) is 4.06. The zero-order valence-electron chi connectivity index (χ0n) is 10.8. The van der Waals surface area contributed by atoms with Gasteiger partial charge in [-0.1, -0.05) is 25.7 Å². The molecule has 0 amide bonds. The summed E-state index contributed by atoms with van der Waals surface area (Å²) >= 11 is 0. The fourth-order valence-electron chi connectivity index (χ4n) is 2.62. The van der Waals surface area contributed by atoms with Crippen LogP contribution < -0.4 is 5.73 Å². The fourth-order valence-corrected chi connectivity index (χ4v) is 2.62. The molecule has 0 aliphatic heterocycles. The normalized spacial score (nSPS) is 22.0. The molecule has 0 aromatic carbocycles. The van der Waals surface area contributed by atoms with Crippen LogP contribution in [0.15, 0.2) is 0 Å². The molecule has 0 radical (unpaired) electrons. The molecule has 2 heteroatoms. The summed E-state index contributed by atoms with van der Waals surface area (Å²) in [5.41, 5.74) is 6.44. The van der Waals surface area contributed by atoms with Crippen LogP contribution in [0.2, 0.25) is 0 Å². The monoisotopic (exact) mass is 212 g/mol. The lowest BCUT2D eigenvalue weighted by Crippen LogP contribution is -2.43. The van der Waals surface area contributed by atoms with E-state index < -0.39 is 0 Å². The summed E-state index contributed by atoms with van der Waals surface area (Å²) in [5, 5.41) is 0. The van der Waals surface area contributed by atoms with Crippen molar-refractivity contribution in [2.45, 2.75) is 58.4 Å². The molecule has 1 aliphatic carbocycles. The van der Waals surface area contributed by atoms with Crippen molar-refractivity contribution in [3.8, 4) is 0 Å². The van der Waals surface area contributed by atoms with E-state index in [4.69, 9.17) is 5.73 Å². The molecule has 2 N–H and O–H groups in total. The van der Waals surface area contributed by atoms with Crippen molar-refractivity contribution in [1.82, 2.24) is 4.90 Å². The average molecular weight is 212 g/mol. The second-order valence-corrected chi connectivity index (χ2v) is 5.63. The highest BCUT2D eigenvalue weighted by molar-refractivity contribution is 4.85. The molecule has 0 saturated heterocycles. The van der Waals surface area contributed by atoms with E-state index >= 15 is 0 Å². The van der Waals surface area contributed by atoms with Gasteiger partial charge in [0.1, 0.15) is 0 Å². The number of hydrogen-bond donors (Lipinski definition) is 1. The van der Waals surface area contributed by atoms with Crippen LogP contribution in [0.25, 0.3) is 0 Å². The molecule has 1 fully saturated rings. The maximum atomic E-state index is 6.03. The lowest BCUT2D eigenvalue weighted by atomic mass is 9.80. The van der Waals surface area contributed by atoms with E-state index in [1.54, 1.807) is 0 Å². The second kappa shape index (κ2) is 5.86. The number of nitrogens with zero attached hydrogens (tertiary/aromatic N) is 1. The Morgan fingerprint density at radius 3 is 2.07 bits per heavy atom. The lowest BCUT2D eigenvalue weighted by molar-refractivity contribution is 0.135. The topological polar surface area (TPSA) is 29.3 Å². The summed E-state index contributed by atoms with van der Waals surface area (Å²) in [6, 6.07) is 0.636. The number of hydrogen-bond acceptors (Lipinski definition) is 2. The van der Waals surface area contributed by atoms with Crippen LogP contribution in [0.3, 0.4) is 0 Å². The standard InChI is InChI=1S/C13H28N2/c1-12(2)15(3)11-13(10-14)8-6-4-5-7-9-13/h12H,4-11,14H2,1-3H3. The smallest absolute Gasteiger partial charge is 0.00497 e. The predicted molar refractivity (Wildman–Crippen MR) is 67.0 cm³/mol. The van der Waals surface area contributed by atoms with Gasteiger partial charge in [0, 0.05) is 12.6 Å². The first kappa shape index (κ1) is 13.0. The Morgan fingerprint density at radius 1 is 1.13 bits per heavy atom. The first-order valence-corrected chi connectivity index (χ1v) is 6.50. The van der Waals surface area contributed by atoms with Gasteiger partial charge in [-0.25, -0.2) is 0 Å². The molecule has 2 nitrogen and oxygen atoms in total. The highest BCUT2D eigenvalue weighted by Gasteiger charge is 2.31. The molecule has 90 valence electrons. The van der Waals surface area contributed by atoms with E-state index in [-0.39, 0.29) is 0 Å². The van der Waals surface area contributed by atoms with Crippen molar-refractivity contribution < 1.29 is 0 Å². The Morgan fingerprint density at radius 2 is 1.67 bits per heavy atom. The molecule has 0 aromatic heterocycles. The summed E-state index contributed by atoms with van der Waals surface area (Å²) in [5.74, 6) is 0. The summed E-state index contributed by atoms with van der Waals surface area (Å²) in [6.45, 7) is 6.58. The van der Waals surface area contributed by atoms with Crippen LogP contribution in [0.4, 0.5) is 0 Å². The Labute approximate surface area is 95.2 Å². The van der Waals surface area contributed by atoms with Gasteiger partial charge >= 0.3 is 0 Å². The molecule has 1 saturated carbocycles. The molecular formula is C13H28N2. The van der Waals surface area contributed by atoms with E-state index in [1.807, 2.05) is 0 Å². The van der Waals surface area contributed by atoms with E-state index in [1.165, 1.54) is 45.1 Å². The Kier molecular flexibility index (Phi) is 5.07. The van der Waals surface area contributed by atoms with E-state index in [9.17, 15) is 0 Å². The first-order chi connectivity index (χ1) is 7.09. The van der Waals surface area contributed by atoms with Crippen LogP contribution in [0.1, 0.15) is 52.4 Å². The molecule has 0 aromatic rings. The largest absolute Gasteiger partial charge is 0.330 e. The molecule has 1 rings (SSSR count). The van der Waals surface area contributed by atoms with Gasteiger partial charge in [-0.05, 0) is 45.7 Å². The van der Waals surface area contributed by atoms with Gasteiger partial charge < -0.3 is 10.6 Å². The average Bonchev–Trinajstić information content (AvgIpc) is 2.44. The molecule has 0 unspecified atom stereocenters. The maximum absolute atomic E-state index is 6.03. The summed E-state index contributed by atoms with van der Waals surface area (Å²) in [7, 11) is 2.23. The van der Waals surface area contributed by atoms with Crippen molar-refractivity contribution in [2.75, 3.05) is 20.1 Å². The molecule has 0 heterocycles. The summed E-state index contributed by atoms with van der Waals surface area (Å²) in [4.78, 5) is 2.46. The molecular weight excluding hydrogens is 184 g/mol. The molecule has 1 aliphatic rings. The summed E-state index contributed by atoms with van der Waals surface area (Å²) < 4.78 is 0. The van der Waals surface area contributed by atoms with Gasteiger partial charge in [-0.2, -0.15) is 0 Å². The number of nitrogens with two attached hydrogens (primary N) is 1. The zero-order valence-corrected chi connectivity index (χ0v) is 10.8. The third-order valence-electron chi connectivity index (χ3n) is 4.06. The van der Waals surface area contributed by atoms with Crippen molar-refractivity contribution in [2.24, 2.45) is 11.1 Å². The maximum Gasteiger partial charge on any atom is 0.00497 e. The van der Waals surface area contributed by atoms with Gasteiger partial charge in [0.2, 0.25) is 0 Å². The van der Waals surface area contributed by atoms with Gasteiger partial charge in [0.15, 0.2) is 0 Å². The molecule has 0 bridgehead atoms. The minimum absolute atomic E-state index is 0.412. The van der Waals surface area contributed by atoms with Gasteiger partial charge in [-0.15, -0.1) is 0 Å². The van der Waals surface area contributed by atoms with Crippen molar-refractivity contribution >= 4 is 0 Å². The second-order valence-electron chi connectivity index (χ2n) is 5.63.